The number of fused-ring (bicyclic) bond motifs is 1. The van der Waals surface area contributed by atoms with Crippen LogP contribution < -0.4 is 15.5 Å². The van der Waals surface area contributed by atoms with Crippen LogP contribution in [-0.2, 0) is 25.5 Å². The Morgan fingerprint density at radius 1 is 1.20 bits per heavy atom. The first-order chi connectivity index (χ1) is 14.4. The third-order valence-electron chi connectivity index (χ3n) is 5.08. The molecule has 2 N–H and O–H groups in total. The van der Waals surface area contributed by atoms with Crippen LogP contribution in [0.25, 0.3) is 0 Å². The van der Waals surface area contributed by atoms with Gasteiger partial charge >= 0.3 is 11.8 Å². The number of carbonyl (C=O) groups excluding carboxylic acids is 3. The van der Waals surface area contributed by atoms with Gasteiger partial charge in [0.15, 0.2) is 0 Å². The molecule has 1 aliphatic heterocycles. The number of methoxy groups -OCH3 is 1. The van der Waals surface area contributed by atoms with Crippen LogP contribution in [0, 0.1) is 5.92 Å². The minimum atomic E-state index is -0.757. The largest absolute Gasteiger partial charge is 0.375 e. The summed E-state index contributed by atoms with van der Waals surface area (Å²) in [5, 5.41) is 9.11. The van der Waals surface area contributed by atoms with Crippen LogP contribution >= 0.6 is 11.3 Å². The van der Waals surface area contributed by atoms with Crippen molar-refractivity contribution in [2.45, 2.75) is 32.8 Å². The average Bonchev–Trinajstić information content (AvgIpc) is 3.27. The lowest BCUT2D eigenvalue weighted by Crippen LogP contribution is -2.39. The molecular weight excluding hydrogens is 402 g/mol. The van der Waals surface area contributed by atoms with Crippen molar-refractivity contribution in [3.63, 3.8) is 0 Å². The molecular formula is C22H27N3O4S. The molecule has 0 radical (unpaired) electrons. The van der Waals surface area contributed by atoms with Gasteiger partial charge in [0.05, 0.1) is 0 Å². The lowest BCUT2D eigenvalue weighted by molar-refractivity contribution is -0.136. The van der Waals surface area contributed by atoms with Gasteiger partial charge in [0.2, 0.25) is 5.91 Å². The highest BCUT2D eigenvalue weighted by Crippen LogP contribution is 2.31. The molecule has 1 aromatic carbocycles. The van der Waals surface area contributed by atoms with E-state index in [1.807, 2.05) is 36.7 Å². The van der Waals surface area contributed by atoms with E-state index < -0.39 is 11.8 Å². The van der Waals surface area contributed by atoms with Crippen LogP contribution in [0.2, 0.25) is 0 Å². The van der Waals surface area contributed by atoms with E-state index in [0.717, 1.165) is 29.7 Å². The summed E-state index contributed by atoms with van der Waals surface area (Å²) in [5.74, 6) is -1.55. The Morgan fingerprint density at radius 3 is 2.67 bits per heavy atom. The molecule has 30 heavy (non-hydrogen) atoms. The zero-order valence-corrected chi connectivity index (χ0v) is 18.3. The Morgan fingerprint density at radius 2 is 2.00 bits per heavy atom. The molecule has 1 atom stereocenters. The highest BCUT2D eigenvalue weighted by molar-refractivity contribution is 7.07. The quantitative estimate of drug-likeness (QED) is 0.691. The molecule has 1 aromatic heterocycles. The number of rotatable bonds is 6. The molecule has 0 aliphatic carbocycles. The van der Waals surface area contributed by atoms with Crippen molar-refractivity contribution >= 4 is 40.4 Å². The fraction of sp³-hybridized carbons (Fsp3) is 0.409. The number of aryl methyl sites for hydroxylation is 1. The third-order valence-corrected chi connectivity index (χ3v) is 5.78. The fourth-order valence-electron chi connectivity index (χ4n) is 3.44. The Hall–Kier alpha value is -2.71. The molecule has 7 nitrogen and oxygen atoms in total. The summed E-state index contributed by atoms with van der Waals surface area (Å²) in [6, 6.07) is 7.35. The molecule has 0 saturated heterocycles. The van der Waals surface area contributed by atoms with Crippen molar-refractivity contribution in [3.8, 4) is 0 Å². The number of nitrogens with zero attached hydrogens (tertiary/aromatic N) is 1. The molecule has 0 saturated carbocycles. The van der Waals surface area contributed by atoms with Crippen LogP contribution in [0.5, 0.6) is 0 Å². The second-order valence-electron chi connectivity index (χ2n) is 7.54. The van der Waals surface area contributed by atoms with Crippen LogP contribution in [0.4, 0.5) is 11.4 Å². The van der Waals surface area contributed by atoms with Crippen LogP contribution in [-0.4, -0.2) is 37.9 Å². The van der Waals surface area contributed by atoms with Gasteiger partial charge in [0.25, 0.3) is 0 Å². The number of thiophene rings is 1. The van der Waals surface area contributed by atoms with Gasteiger partial charge < -0.3 is 20.3 Å². The van der Waals surface area contributed by atoms with Gasteiger partial charge in [0, 0.05) is 37.5 Å². The first kappa shape index (κ1) is 22.0. The zero-order valence-electron chi connectivity index (χ0n) is 17.4. The number of nitrogens with one attached hydrogen (secondary N) is 2. The van der Waals surface area contributed by atoms with Gasteiger partial charge in [-0.15, -0.1) is 0 Å². The Labute approximate surface area is 180 Å². The number of amides is 3. The molecule has 0 fully saturated rings. The number of anilines is 2. The molecule has 2 heterocycles. The van der Waals surface area contributed by atoms with Gasteiger partial charge in [-0.3, -0.25) is 14.4 Å². The smallest absolute Gasteiger partial charge is 0.313 e. The van der Waals surface area contributed by atoms with Gasteiger partial charge in [-0.1, -0.05) is 19.9 Å². The molecule has 0 unspecified atom stereocenters. The second kappa shape index (κ2) is 9.86. The first-order valence-electron chi connectivity index (χ1n) is 9.99. The topological polar surface area (TPSA) is 87.7 Å². The van der Waals surface area contributed by atoms with Crippen LogP contribution in [0.3, 0.4) is 0 Å². The molecule has 3 amide bonds. The van der Waals surface area contributed by atoms with Gasteiger partial charge in [-0.05, 0) is 52.9 Å². The van der Waals surface area contributed by atoms with Crippen molar-refractivity contribution < 1.29 is 19.1 Å². The number of benzene rings is 1. The van der Waals surface area contributed by atoms with Crippen molar-refractivity contribution in [1.82, 2.24) is 5.32 Å². The Bertz CT molecular complexity index is 911. The summed E-state index contributed by atoms with van der Waals surface area (Å²) < 4.78 is 5.38. The van der Waals surface area contributed by atoms with E-state index in [9.17, 15) is 14.4 Å². The minimum absolute atomic E-state index is 0.0520. The maximum absolute atomic E-state index is 12.5. The molecule has 0 bridgehead atoms. The highest BCUT2D eigenvalue weighted by Gasteiger charge is 2.25. The summed E-state index contributed by atoms with van der Waals surface area (Å²) in [6.07, 6.45) is 1.48. The number of hydrogen-bond donors (Lipinski definition) is 2. The molecule has 8 heteroatoms. The van der Waals surface area contributed by atoms with Gasteiger partial charge in [0.1, 0.15) is 6.10 Å². The van der Waals surface area contributed by atoms with Gasteiger partial charge in [-0.2, -0.15) is 11.3 Å². The number of hydrogen-bond acceptors (Lipinski definition) is 5. The van der Waals surface area contributed by atoms with Crippen LogP contribution in [0.1, 0.15) is 37.5 Å². The summed E-state index contributed by atoms with van der Waals surface area (Å²) in [4.78, 5) is 38.9. The first-order valence-corrected chi connectivity index (χ1v) is 10.9. The third kappa shape index (κ3) is 5.06. The molecule has 2 aromatic rings. The summed E-state index contributed by atoms with van der Waals surface area (Å²) in [7, 11) is 1.56. The predicted octanol–water partition coefficient (Wildman–Crippen LogP) is 3.13. The fourth-order valence-corrected chi connectivity index (χ4v) is 4.14. The maximum atomic E-state index is 12.5. The van der Waals surface area contributed by atoms with E-state index in [-0.39, 0.29) is 24.5 Å². The standard InChI is InChI=1S/C22H27N3O4S/c1-14(2)22(28)25-9-4-5-15-6-7-17(11-18(15)25)24-21(27)20(26)23-12-19(29-3)16-8-10-30-13-16/h6-8,10-11,13-14,19H,4-5,9,12H2,1-3H3,(H,23,26)(H,24,27)/t19-/m1/s1. The second-order valence-corrected chi connectivity index (χ2v) is 8.32. The van der Waals surface area contributed by atoms with Crippen molar-refractivity contribution in [1.29, 1.82) is 0 Å². The van der Waals surface area contributed by atoms with Crippen molar-refractivity contribution in [3.05, 3.63) is 46.2 Å². The SMILES string of the molecule is CO[C@H](CNC(=O)C(=O)Nc1ccc2c(c1)N(C(=O)C(C)C)CCC2)c1ccsc1. The molecule has 0 spiro atoms. The van der Waals surface area contributed by atoms with Crippen molar-refractivity contribution in [2.75, 3.05) is 30.4 Å². The molecule has 1 aliphatic rings. The van der Waals surface area contributed by atoms with E-state index in [4.69, 9.17) is 4.74 Å². The maximum Gasteiger partial charge on any atom is 0.313 e. The van der Waals surface area contributed by atoms with E-state index in [0.29, 0.717) is 12.2 Å². The van der Waals surface area contributed by atoms with E-state index in [1.54, 1.807) is 35.5 Å². The average molecular weight is 430 g/mol. The van der Waals surface area contributed by atoms with E-state index in [2.05, 4.69) is 10.6 Å². The summed E-state index contributed by atoms with van der Waals surface area (Å²) >= 11 is 1.54. The van der Waals surface area contributed by atoms with Gasteiger partial charge in [-0.25, -0.2) is 0 Å². The predicted molar refractivity (Wildman–Crippen MR) is 118 cm³/mol. The van der Waals surface area contributed by atoms with E-state index in [1.165, 1.54) is 0 Å². The number of carbonyl (C=O) groups is 3. The van der Waals surface area contributed by atoms with Crippen LogP contribution in [0.15, 0.2) is 35.0 Å². The minimum Gasteiger partial charge on any atom is -0.375 e. The highest BCUT2D eigenvalue weighted by atomic mass is 32.1. The normalized spacial score (nSPS) is 14.2. The monoisotopic (exact) mass is 429 g/mol. The lowest BCUT2D eigenvalue weighted by Gasteiger charge is -2.31. The summed E-state index contributed by atoms with van der Waals surface area (Å²) in [6.45, 7) is 4.59. The molecule has 160 valence electrons. The van der Waals surface area contributed by atoms with E-state index >= 15 is 0 Å². The molecule has 3 rings (SSSR count). The Kier molecular flexibility index (Phi) is 7.23. The number of ether oxygens (including phenoxy) is 1. The van der Waals surface area contributed by atoms with Crippen molar-refractivity contribution in [2.24, 2.45) is 5.92 Å². The zero-order chi connectivity index (χ0) is 21.7. The lowest BCUT2D eigenvalue weighted by atomic mass is 9.99. The summed E-state index contributed by atoms with van der Waals surface area (Å²) in [5.41, 5.74) is 3.30. The Balaban J connectivity index is 1.64.